The Hall–Kier alpha value is -2.84. The van der Waals surface area contributed by atoms with E-state index >= 15 is 0 Å². The third kappa shape index (κ3) is 4.78. The van der Waals surface area contributed by atoms with Crippen LogP contribution in [0.4, 0.5) is 11.4 Å². The van der Waals surface area contributed by atoms with Crippen LogP contribution in [0.3, 0.4) is 0 Å². The summed E-state index contributed by atoms with van der Waals surface area (Å²) in [6.45, 7) is 2.24. The lowest BCUT2D eigenvalue weighted by Crippen LogP contribution is -2.40. The Labute approximate surface area is 173 Å². The number of methoxy groups -OCH3 is 1. The number of hydrogen-bond donors (Lipinski definition) is 0. The molecule has 0 bridgehead atoms. The van der Waals surface area contributed by atoms with Crippen LogP contribution in [-0.4, -0.2) is 56.2 Å². The molecule has 9 heteroatoms. The maximum absolute atomic E-state index is 12.7. The summed E-state index contributed by atoms with van der Waals surface area (Å²) in [4.78, 5) is 27.3. The minimum absolute atomic E-state index is 0.132. The zero-order valence-corrected chi connectivity index (χ0v) is 17.0. The summed E-state index contributed by atoms with van der Waals surface area (Å²) in [5.41, 5.74) is 1.35. The van der Waals surface area contributed by atoms with Crippen LogP contribution in [0.1, 0.15) is 15.9 Å². The van der Waals surface area contributed by atoms with E-state index in [0.717, 1.165) is 5.56 Å². The van der Waals surface area contributed by atoms with Crippen molar-refractivity contribution in [1.29, 1.82) is 0 Å². The van der Waals surface area contributed by atoms with Crippen LogP contribution in [0, 0.1) is 10.1 Å². The first kappa shape index (κ1) is 20.9. The highest BCUT2D eigenvalue weighted by Gasteiger charge is 2.24. The summed E-state index contributed by atoms with van der Waals surface area (Å²) in [6, 6.07) is 9.79. The summed E-state index contributed by atoms with van der Waals surface area (Å²) in [7, 11) is 3.30. The Bertz CT molecular complexity index is 915. The molecule has 29 heavy (non-hydrogen) atoms. The molecule has 1 aliphatic rings. The molecule has 1 amide bonds. The SMILES string of the molecule is COc1ccc(Cl)cc1CN(C)c1ccc(C(=O)N2CCOCC2)cc1[N+](=O)[O-]. The molecule has 1 heterocycles. The summed E-state index contributed by atoms with van der Waals surface area (Å²) in [6.07, 6.45) is 0. The molecule has 0 N–H and O–H groups in total. The third-order valence-corrected chi connectivity index (χ3v) is 5.01. The lowest BCUT2D eigenvalue weighted by atomic mass is 10.1. The molecule has 0 radical (unpaired) electrons. The van der Waals surface area contributed by atoms with Gasteiger partial charge >= 0.3 is 0 Å². The van der Waals surface area contributed by atoms with E-state index in [4.69, 9.17) is 21.1 Å². The molecular weight excluding hydrogens is 398 g/mol. The van der Waals surface area contributed by atoms with Gasteiger partial charge in [0.15, 0.2) is 0 Å². The van der Waals surface area contributed by atoms with Gasteiger partial charge in [-0.1, -0.05) is 11.6 Å². The van der Waals surface area contributed by atoms with Crippen molar-refractivity contribution in [2.75, 3.05) is 45.4 Å². The van der Waals surface area contributed by atoms with Crippen molar-refractivity contribution in [3.05, 3.63) is 62.7 Å². The van der Waals surface area contributed by atoms with Crippen molar-refractivity contribution in [3.63, 3.8) is 0 Å². The average Bonchev–Trinajstić information content (AvgIpc) is 2.73. The molecule has 2 aromatic rings. The van der Waals surface area contributed by atoms with Gasteiger partial charge in [-0.05, 0) is 30.3 Å². The highest BCUT2D eigenvalue weighted by Crippen LogP contribution is 2.32. The van der Waals surface area contributed by atoms with Crippen LogP contribution in [0.2, 0.25) is 5.02 Å². The van der Waals surface area contributed by atoms with Gasteiger partial charge in [0.25, 0.3) is 11.6 Å². The second kappa shape index (κ2) is 9.11. The number of carbonyl (C=O) groups is 1. The quantitative estimate of drug-likeness (QED) is 0.527. The number of nitro groups is 1. The lowest BCUT2D eigenvalue weighted by Gasteiger charge is -2.27. The van der Waals surface area contributed by atoms with Gasteiger partial charge < -0.3 is 19.3 Å². The predicted molar refractivity (Wildman–Crippen MR) is 110 cm³/mol. The smallest absolute Gasteiger partial charge is 0.293 e. The third-order valence-electron chi connectivity index (χ3n) is 4.78. The molecule has 1 aliphatic heterocycles. The van der Waals surface area contributed by atoms with E-state index < -0.39 is 4.92 Å². The Morgan fingerprint density at radius 2 is 2.00 bits per heavy atom. The van der Waals surface area contributed by atoms with Crippen LogP contribution in [0.15, 0.2) is 36.4 Å². The van der Waals surface area contributed by atoms with Crippen molar-refractivity contribution < 1.29 is 19.2 Å². The largest absolute Gasteiger partial charge is 0.496 e. The number of halogens is 1. The molecule has 0 aromatic heterocycles. The molecule has 1 saturated heterocycles. The van der Waals surface area contributed by atoms with Crippen LogP contribution >= 0.6 is 11.6 Å². The number of morpholine rings is 1. The van der Waals surface area contributed by atoms with Crippen LogP contribution in [0.25, 0.3) is 0 Å². The fraction of sp³-hybridized carbons (Fsp3) is 0.350. The molecule has 0 saturated carbocycles. The van der Waals surface area contributed by atoms with Gasteiger partial charge in [-0.25, -0.2) is 0 Å². The molecule has 0 aliphatic carbocycles. The zero-order chi connectivity index (χ0) is 21.0. The fourth-order valence-electron chi connectivity index (χ4n) is 3.29. The van der Waals surface area contributed by atoms with Gasteiger partial charge in [0, 0.05) is 48.9 Å². The first-order valence-electron chi connectivity index (χ1n) is 9.09. The van der Waals surface area contributed by atoms with Crippen LogP contribution < -0.4 is 9.64 Å². The van der Waals surface area contributed by atoms with E-state index in [9.17, 15) is 14.9 Å². The van der Waals surface area contributed by atoms with Crippen molar-refractivity contribution in [2.45, 2.75) is 6.54 Å². The summed E-state index contributed by atoms with van der Waals surface area (Å²) < 4.78 is 10.6. The molecule has 154 valence electrons. The highest BCUT2D eigenvalue weighted by molar-refractivity contribution is 6.30. The Kier molecular flexibility index (Phi) is 6.56. The fourth-order valence-corrected chi connectivity index (χ4v) is 3.48. The van der Waals surface area contributed by atoms with Gasteiger partial charge in [0.2, 0.25) is 0 Å². The molecule has 0 unspecified atom stereocenters. The molecule has 3 rings (SSSR count). The minimum atomic E-state index is -0.475. The van der Waals surface area contributed by atoms with Gasteiger partial charge in [-0.3, -0.25) is 14.9 Å². The molecule has 8 nitrogen and oxygen atoms in total. The van der Waals surface area contributed by atoms with E-state index in [0.29, 0.717) is 49.3 Å². The molecule has 2 aromatic carbocycles. The van der Waals surface area contributed by atoms with Gasteiger partial charge in [-0.2, -0.15) is 0 Å². The van der Waals surface area contributed by atoms with Crippen LogP contribution in [0.5, 0.6) is 5.75 Å². The lowest BCUT2D eigenvalue weighted by molar-refractivity contribution is -0.384. The van der Waals surface area contributed by atoms with Gasteiger partial charge in [0.05, 0.1) is 25.2 Å². The first-order valence-corrected chi connectivity index (χ1v) is 9.47. The molecular formula is C20H22ClN3O5. The first-order chi connectivity index (χ1) is 13.9. The number of rotatable bonds is 6. The maximum Gasteiger partial charge on any atom is 0.293 e. The molecule has 1 fully saturated rings. The number of benzene rings is 2. The van der Waals surface area contributed by atoms with E-state index in [1.807, 2.05) is 0 Å². The number of nitro benzene ring substituents is 1. The zero-order valence-electron chi connectivity index (χ0n) is 16.3. The molecule has 0 atom stereocenters. The molecule has 0 spiro atoms. The predicted octanol–water partition coefficient (Wildman–Crippen LogP) is 3.37. The highest BCUT2D eigenvalue weighted by atomic mass is 35.5. The Morgan fingerprint density at radius 3 is 2.66 bits per heavy atom. The Morgan fingerprint density at radius 1 is 1.28 bits per heavy atom. The maximum atomic E-state index is 12.7. The number of nitrogens with zero attached hydrogens (tertiary/aromatic N) is 3. The van der Waals surface area contributed by atoms with Crippen molar-refractivity contribution in [2.24, 2.45) is 0 Å². The average molecular weight is 420 g/mol. The van der Waals surface area contributed by atoms with E-state index in [1.54, 1.807) is 54.3 Å². The minimum Gasteiger partial charge on any atom is -0.496 e. The topological polar surface area (TPSA) is 85.2 Å². The summed E-state index contributed by atoms with van der Waals surface area (Å²) in [5, 5.41) is 12.2. The van der Waals surface area contributed by atoms with Crippen molar-refractivity contribution in [3.8, 4) is 5.75 Å². The Balaban J connectivity index is 1.88. The number of hydrogen-bond acceptors (Lipinski definition) is 6. The van der Waals surface area contributed by atoms with E-state index in [1.165, 1.54) is 6.07 Å². The number of amides is 1. The van der Waals surface area contributed by atoms with Crippen molar-refractivity contribution >= 4 is 28.9 Å². The second-order valence-electron chi connectivity index (χ2n) is 6.68. The van der Waals surface area contributed by atoms with E-state index in [-0.39, 0.29) is 17.2 Å². The standard InChI is InChI=1S/C20H22ClN3O5/c1-22(13-15-11-16(21)4-6-19(15)28-2)17-5-3-14(12-18(17)24(26)27)20(25)23-7-9-29-10-8-23/h3-6,11-12H,7-10,13H2,1-2H3. The summed E-state index contributed by atoms with van der Waals surface area (Å²) >= 11 is 6.08. The normalized spacial score (nSPS) is 13.8. The summed E-state index contributed by atoms with van der Waals surface area (Å²) in [5.74, 6) is 0.408. The number of ether oxygens (including phenoxy) is 2. The van der Waals surface area contributed by atoms with Crippen molar-refractivity contribution in [1.82, 2.24) is 4.90 Å². The van der Waals surface area contributed by atoms with Gasteiger partial charge in [-0.15, -0.1) is 0 Å². The second-order valence-corrected chi connectivity index (χ2v) is 7.11. The van der Waals surface area contributed by atoms with Crippen LogP contribution in [-0.2, 0) is 11.3 Å². The number of carbonyl (C=O) groups excluding carboxylic acids is 1. The number of anilines is 1. The van der Waals surface area contributed by atoms with E-state index in [2.05, 4.69) is 0 Å². The monoisotopic (exact) mass is 419 g/mol. The van der Waals surface area contributed by atoms with Gasteiger partial charge in [0.1, 0.15) is 11.4 Å².